The molecule has 2 aromatic rings. The Bertz CT molecular complexity index is 1500. The van der Waals surface area contributed by atoms with Gasteiger partial charge in [0.05, 0.1) is 33.4 Å². The molecule has 0 radical (unpaired) electrons. The fourth-order valence-corrected chi connectivity index (χ4v) is 6.11. The number of sulfonamides is 1. The number of nitrogens with zero attached hydrogens (tertiary/aromatic N) is 2. The molecular weight excluding hydrogens is 542 g/mol. The zero-order chi connectivity index (χ0) is 31.1. The van der Waals surface area contributed by atoms with Crippen LogP contribution >= 0.6 is 0 Å². The Hall–Kier alpha value is -3.31. The molecule has 1 fully saturated rings. The number of halogens is 2. The van der Waals surface area contributed by atoms with E-state index in [9.17, 15) is 26.8 Å². The summed E-state index contributed by atoms with van der Waals surface area (Å²) >= 11 is 0. The smallest absolute Gasteiger partial charge is 0.240 e. The normalized spacial score (nSPS) is 18.4. The summed E-state index contributed by atoms with van der Waals surface area (Å²) in [5.74, 6) is -0.976. The molecule has 0 unspecified atom stereocenters. The summed E-state index contributed by atoms with van der Waals surface area (Å²) < 4.78 is 76.8. The van der Waals surface area contributed by atoms with Crippen LogP contribution in [-0.2, 0) is 36.3 Å². The lowest BCUT2D eigenvalue weighted by Crippen LogP contribution is -2.56. The third kappa shape index (κ3) is 6.20. The van der Waals surface area contributed by atoms with Gasteiger partial charge in [-0.2, -0.15) is 0 Å². The van der Waals surface area contributed by atoms with E-state index in [0.717, 1.165) is 22.7 Å². The fourth-order valence-electron chi connectivity index (χ4n) is 5.12. The molecular formula is C28H34F2N4O5S. The number of piperidine rings is 1. The van der Waals surface area contributed by atoms with Crippen LogP contribution in [0.4, 0.5) is 14.5 Å². The quantitative estimate of drug-likeness (QED) is 0.438. The number of carbonyl (C=O) groups excluding carboxylic acids is 2. The van der Waals surface area contributed by atoms with Crippen molar-refractivity contribution in [1.82, 2.24) is 10.2 Å². The summed E-state index contributed by atoms with van der Waals surface area (Å²) in [5, 5.41) is 2.67. The molecule has 0 aromatic heterocycles. The number of benzene rings is 2. The largest absolute Gasteiger partial charge is 0.374 e. The van der Waals surface area contributed by atoms with Gasteiger partial charge in [0.25, 0.3) is 0 Å². The van der Waals surface area contributed by atoms with Gasteiger partial charge in [0.15, 0.2) is 11.6 Å². The maximum absolute atomic E-state index is 14.3. The number of hydrogen-bond donors (Lipinski definition) is 2. The van der Waals surface area contributed by atoms with Crippen LogP contribution in [0.2, 0.25) is 0 Å². The number of ether oxygens (including phenoxy) is 1. The molecule has 0 bridgehead atoms. The summed E-state index contributed by atoms with van der Waals surface area (Å²) in [6.07, 6.45) is 1.55. The molecule has 1 saturated heterocycles. The molecule has 2 aliphatic heterocycles. The van der Waals surface area contributed by atoms with Gasteiger partial charge < -0.3 is 20.7 Å². The van der Waals surface area contributed by atoms with Crippen LogP contribution in [0.5, 0.6) is 0 Å². The van der Waals surface area contributed by atoms with Crippen molar-refractivity contribution < 1.29 is 34.3 Å². The van der Waals surface area contributed by atoms with Crippen molar-refractivity contribution >= 4 is 27.6 Å². The Balaban J connectivity index is 1.59. The summed E-state index contributed by atoms with van der Waals surface area (Å²) in [5.41, 5.74) is 4.49. The highest BCUT2D eigenvalue weighted by Crippen LogP contribution is 2.49. The van der Waals surface area contributed by atoms with E-state index in [4.69, 9.17) is 13.2 Å². The van der Waals surface area contributed by atoms with Crippen LogP contribution in [0.25, 0.3) is 0 Å². The summed E-state index contributed by atoms with van der Waals surface area (Å²) in [6.45, 7) is 0.640. The van der Waals surface area contributed by atoms with Crippen LogP contribution in [0.1, 0.15) is 40.6 Å². The Kier molecular flexibility index (Phi) is 7.59. The van der Waals surface area contributed by atoms with E-state index in [1.54, 1.807) is 35.2 Å². The molecule has 40 heavy (non-hydrogen) atoms. The number of nitrogens with two attached hydrogens (primary N) is 1. The lowest BCUT2D eigenvalue weighted by atomic mass is 9.74. The van der Waals surface area contributed by atoms with Gasteiger partial charge in [-0.1, -0.05) is 30.3 Å². The first-order valence-corrected chi connectivity index (χ1v) is 14.6. The van der Waals surface area contributed by atoms with Crippen molar-refractivity contribution in [2.75, 3.05) is 36.8 Å². The molecule has 12 heteroatoms. The second-order valence-corrected chi connectivity index (χ2v) is 12.7. The number of fused-ring (bicyclic) bond motifs is 2. The number of nitrogens with one attached hydrogen (secondary N) is 1. The molecule has 1 atom stereocenters. The van der Waals surface area contributed by atoms with Crippen molar-refractivity contribution in [3.63, 3.8) is 0 Å². The number of hydrogen-bond acceptors (Lipinski definition) is 7. The number of likely N-dealkylation sites (tertiary alicyclic amines) is 1. The number of anilines is 1. The summed E-state index contributed by atoms with van der Waals surface area (Å²) in [4.78, 5) is 26.8. The Labute approximate surface area is 235 Å². The number of rotatable bonds is 9. The van der Waals surface area contributed by atoms with E-state index >= 15 is 0 Å². The monoisotopic (exact) mass is 578 g/mol. The van der Waals surface area contributed by atoms with E-state index in [2.05, 4.69) is 5.32 Å². The van der Waals surface area contributed by atoms with E-state index in [-0.39, 0.29) is 49.4 Å². The molecule has 2 aromatic carbocycles. The summed E-state index contributed by atoms with van der Waals surface area (Å²) in [6, 6.07) is 8.93. The van der Waals surface area contributed by atoms with Crippen molar-refractivity contribution in [2.45, 2.75) is 50.2 Å². The minimum absolute atomic E-state index is 0.00483. The first-order valence-electron chi connectivity index (χ1n) is 13.7. The third-order valence-electron chi connectivity index (χ3n) is 7.33. The standard InChI is InChI=1S/C28H34F2N4O5S/c1-27(2,31)26(36)32-23(17-39-16-19-7-5-4-6-8-19)25(15-35)33-11-9-28(10-12-33)18-34(40(3,37)38)24-14-22(30)21(29)13-20(24)28/h4-8,13-14,23H,9-12,16-18,31H2,1-3H3,(H,32,36)/t23-/m0/s1/i16D2. The second-order valence-electron chi connectivity index (χ2n) is 10.8. The highest BCUT2D eigenvalue weighted by atomic mass is 32.2. The highest BCUT2D eigenvalue weighted by Gasteiger charge is 2.48. The van der Waals surface area contributed by atoms with Crippen molar-refractivity contribution in [3.8, 4) is 0 Å². The molecule has 216 valence electrons. The van der Waals surface area contributed by atoms with Gasteiger partial charge in [-0.15, -0.1) is 0 Å². The van der Waals surface area contributed by atoms with Crippen LogP contribution in [-0.4, -0.2) is 69.2 Å². The lowest BCUT2D eigenvalue weighted by molar-refractivity contribution is -0.126. The fraction of sp³-hybridized carbons (Fsp3) is 0.464. The predicted molar refractivity (Wildman–Crippen MR) is 147 cm³/mol. The minimum Gasteiger partial charge on any atom is -0.374 e. The van der Waals surface area contributed by atoms with Crippen LogP contribution < -0.4 is 15.4 Å². The van der Waals surface area contributed by atoms with Crippen LogP contribution in [0, 0.1) is 11.6 Å². The van der Waals surface area contributed by atoms with Crippen LogP contribution in [0.3, 0.4) is 0 Å². The first-order chi connectivity index (χ1) is 19.5. The molecule has 3 N–H and O–H groups in total. The molecule has 9 nitrogen and oxygen atoms in total. The van der Waals surface area contributed by atoms with Crippen molar-refractivity contribution in [2.24, 2.45) is 5.73 Å². The first kappa shape index (κ1) is 26.9. The summed E-state index contributed by atoms with van der Waals surface area (Å²) in [7, 11) is -3.79. The van der Waals surface area contributed by atoms with Gasteiger partial charge in [0, 0.05) is 31.1 Å². The molecule has 0 saturated carbocycles. The van der Waals surface area contributed by atoms with E-state index in [1.165, 1.54) is 13.8 Å². The maximum Gasteiger partial charge on any atom is 0.240 e. The zero-order valence-corrected chi connectivity index (χ0v) is 23.4. The van der Waals surface area contributed by atoms with Crippen LogP contribution in [0.15, 0.2) is 48.2 Å². The highest BCUT2D eigenvalue weighted by molar-refractivity contribution is 7.92. The molecule has 2 aliphatic rings. The lowest BCUT2D eigenvalue weighted by Gasteiger charge is -2.42. The van der Waals surface area contributed by atoms with Gasteiger partial charge in [0.1, 0.15) is 17.7 Å². The van der Waals surface area contributed by atoms with Crippen molar-refractivity contribution in [3.05, 3.63) is 70.9 Å². The average molecular weight is 579 g/mol. The predicted octanol–water partition coefficient (Wildman–Crippen LogP) is 2.23. The van der Waals surface area contributed by atoms with Gasteiger partial charge in [-0.05, 0) is 43.9 Å². The Morgan fingerprint density at radius 2 is 1.85 bits per heavy atom. The van der Waals surface area contributed by atoms with E-state index < -0.39 is 57.7 Å². The van der Waals surface area contributed by atoms with Gasteiger partial charge >= 0.3 is 0 Å². The van der Waals surface area contributed by atoms with Gasteiger partial charge in [0.2, 0.25) is 15.9 Å². The number of amides is 1. The molecule has 1 amide bonds. The molecule has 2 heterocycles. The molecule has 4 rings (SSSR count). The topological polar surface area (TPSA) is 122 Å². The van der Waals surface area contributed by atoms with Gasteiger partial charge in [-0.3, -0.25) is 9.10 Å². The minimum atomic E-state index is -3.79. The maximum atomic E-state index is 14.3. The average Bonchev–Trinajstić information content (AvgIpc) is 3.22. The SMILES string of the molecule is [2H]C([2H])(OC[C@H](NC(=O)C(C)(C)N)C(=C=O)N1CCC2(CC1)CN(S(C)(=O)=O)c1cc(F)c(F)cc12)c1ccccc1. The van der Waals surface area contributed by atoms with Gasteiger partial charge in [-0.25, -0.2) is 22.0 Å². The third-order valence-corrected chi connectivity index (χ3v) is 8.45. The van der Waals surface area contributed by atoms with Crippen molar-refractivity contribution in [1.29, 1.82) is 0 Å². The van der Waals surface area contributed by atoms with E-state index in [0.29, 0.717) is 5.56 Å². The molecule has 0 aliphatic carbocycles. The second kappa shape index (κ2) is 11.3. The number of carbonyl (C=O) groups is 1. The molecule has 1 spiro atoms. The Morgan fingerprint density at radius 3 is 2.42 bits per heavy atom. The zero-order valence-electron chi connectivity index (χ0n) is 24.5. The van der Waals surface area contributed by atoms with E-state index in [1.807, 2.05) is 5.94 Å². The Morgan fingerprint density at radius 1 is 1.23 bits per heavy atom.